The van der Waals surface area contributed by atoms with Crippen LogP contribution >= 0.6 is 15.9 Å². The van der Waals surface area contributed by atoms with Crippen molar-refractivity contribution in [1.82, 2.24) is 9.55 Å². The van der Waals surface area contributed by atoms with E-state index in [1.54, 1.807) is 24.5 Å². The van der Waals surface area contributed by atoms with Gasteiger partial charge in [-0.05, 0) is 35.9 Å². The molecule has 1 aliphatic heterocycles. The van der Waals surface area contributed by atoms with E-state index in [4.69, 9.17) is 14.6 Å². The minimum Gasteiger partial charge on any atom is -0.493 e. The molecule has 0 atom stereocenters. The second-order valence-corrected chi connectivity index (χ2v) is 8.26. The maximum absolute atomic E-state index is 13.4. The van der Waals surface area contributed by atoms with Crippen molar-refractivity contribution >= 4 is 26.8 Å². The van der Waals surface area contributed by atoms with E-state index in [-0.39, 0.29) is 12.0 Å². The van der Waals surface area contributed by atoms with Gasteiger partial charge in [0, 0.05) is 54.1 Å². The first-order valence-corrected chi connectivity index (χ1v) is 10.8. The van der Waals surface area contributed by atoms with Crippen molar-refractivity contribution < 1.29 is 14.6 Å². The van der Waals surface area contributed by atoms with Crippen LogP contribution in [0.5, 0.6) is 17.2 Å². The third-order valence-electron chi connectivity index (χ3n) is 5.20. The quantitative estimate of drug-likeness (QED) is 0.361. The zero-order chi connectivity index (χ0) is 21.4. The molecule has 0 saturated heterocycles. The first-order chi connectivity index (χ1) is 15.1. The molecule has 156 valence electrons. The van der Waals surface area contributed by atoms with Crippen LogP contribution in [0.4, 0.5) is 0 Å². The van der Waals surface area contributed by atoms with Crippen molar-refractivity contribution in [3.63, 3.8) is 0 Å². The molecule has 4 aromatic rings. The number of benzene rings is 2. The third-order valence-corrected chi connectivity index (χ3v) is 5.69. The van der Waals surface area contributed by atoms with Crippen LogP contribution in [0.15, 0.2) is 70.3 Å². The zero-order valence-corrected chi connectivity index (χ0v) is 18.1. The Morgan fingerprint density at radius 2 is 2.06 bits per heavy atom. The molecule has 2 aromatic heterocycles. The first kappa shape index (κ1) is 19.8. The fourth-order valence-electron chi connectivity index (χ4n) is 3.80. The molecule has 5 rings (SSSR count). The lowest BCUT2D eigenvalue weighted by Gasteiger charge is -2.25. The summed E-state index contributed by atoms with van der Waals surface area (Å²) in [6, 6.07) is 13.2. The Kier molecular flexibility index (Phi) is 5.21. The van der Waals surface area contributed by atoms with Gasteiger partial charge in [-0.25, -0.2) is 0 Å². The number of pyridine rings is 2. The van der Waals surface area contributed by atoms with Crippen molar-refractivity contribution in [2.45, 2.75) is 12.8 Å². The standard InChI is InChI=1S/C24H19BrN2O4/c25-17-4-5-20-21(10-17)31-22-12-18(30-8-2-7-28)11-19-23(22)27(20)14-16(24(19)29)9-15-3-1-6-26-13-15/h1,3-6,10-14,28H,2,7-9H2. The molecular weight excluding hydrogens is 460 g/mol. The van der Waals surface area contributed by atoms with Crippen LogP contribution in [0.1, 0.15) is 17.5 Å². The van der Waals surface area contributed by atoms with Gasteiger partial charge in [0.1, 0.15) is 11.3 Å². The Labute approximate surface area is 186 Å². The first-order valence-electron chi connectivity index (χ1n) is 9.96. The van der Waals surface area contributed by atoms with Crippen molar-refractivity contribution in [2.75, 3.05) is 13.2 Å². The molecule has 3 heterocycles. The summed E-state index contributed by atoms with van der Waals surface area (Å²) in [4.78, 5) is 17.6. The highest BCUT2D eigenvalue weighted by atomic mass is 79.9. The van der Waals surface area contributed by atoms with Crippen LogP contribution in [-0.2, 0) is 6.42 Å². The van der Waals surface area contributed by atoms with Gasteiger partial charge in [-0.1, -0.05) is 22.0 Å². The summed E-state index contributed by atoms with van der Waals surface area (Å²) < 4.78 is 14.9. The number of hydrogen-bond donors (Lipinski definition) is 1. The minimum absolute atomic E-state index is 0.0421. The minimum atomic E-state index is -0.0619. The van der Waals surface area contributed by atoms with Crippen LogP contribution in [0.25, 0.3) is 16.6 Å². The van der Waals surface area contributed by atoms with Crippen LogP contribution < -0.4 is 14.9 Å². The van der Waals surface area contributed by atoms with Crippen molar-refractivity contribution in [3.05, 3.63) is 86.9 Å². The van der Waals surface area contributed by atoms with E-state index in [0.29, 0.717) is 53.2 Å². The van der Waals surface area contributed by atoms with Gasteiger partial charge >= 0.3 is 0 Å². The summed E-state index contributed by atoms with van der Waals surface area (Å²) in [5.41, 5.74) is 3.14. The molecule has 0 fully saturated rings. The second-order valence-electron chi connectivity index (χ2n) is 7.35. The molecule has 0 aliphatic carbocycles. The Hall–Kier alpha value is -3.16. The Morgan fingerprint density at radius 3 is 2.87 bits per heavy atom. The maximum Gasteiger partial charge on any atom is 0.193 e. The van der Waals surface area contributed by atoms with Gasteiger partial charge in [-0.15, -0.1) is 0 Å². The van der Waals surface area contributed by atoms with Gasteiger partial charge in [0.15, 0.2) is 16.9 Å². The van der Waals surface area contributed by atoms with Crippen molar-refractivity contribution in [3.8, 4) is 22.9 Å². The number of fused-ring (bicyclic) bond motifs is 2. The predicted molar refractivity (Wildman–Crippen MR) is 122 cm³/mol. The summed E-state index contributed by atoms with van der Waals surface area (Å²) in [7, 11) is 0. The maximum atomic E-state index is 13.4. The fourth-order valence-corrected chi connectivity index (χ4v) is 4.14. The monoisotopic (exact) mass is 478 g/mol. The molecular formula is C24H19BrN2O4. The molecule has 0 bridgehead atoms. The van der Waals surface area contributed by atoms with E-state index < -0.39 is 0 Å². The number of rotatable bonds is 6. The molecule has 1 aliphatic rings. The zero-order valence-electron chi connectivity index (χ0n) is 16.5. The fraction of sp³-hybridized carbons (Fsp3) is 0.167. The van der Waals surface area contributed by atoms with Crippen LogP contribution in [0, 0.1) is 0 Å². The van der Waals surface area contributed by atoms with Gasteiger partial charge in [0.25, 0.3) is 0 Å². The van der Waals surface area contributed by atoms with Crippen LogP contribution in [-0.4, -0.2) is 27.9 Å². The third kappa shape index (κ3) is 3.71. The molecule has 7 heteroatoms. The van der Waals surface area contributed by atoms with Crippen molar-refractivity contribution in [2.24, 2.45) is 0 Å². The molecule has 0 radical (unpaired) electrons. The lowest BCUT2D eigenvalue weighted by Crippen LogP contribution is -2.17. The second kappa shape index (κ2) is 8.17. The highest BCUT2D eigenvalue weighted by Crippen LogP contribution is 2.42. The van der Waals surface area contributed by atoms with Crippen molar-refractivity contribution in [1.29, 1.82) is 0 Å². The number of ether oxygens (including phenoxy) is 2. The number of hydrogen-bond acceptors (Lipinski definition) is 5. The van der Waals surface area contributed by atoms with E-state index in [9.17, 15) is 4.79 Å². The average molecular weight is 479 g/mol. The summed E-state index contributed by atoms with van der Waals surface area (Å²) in [5, 5.41) is 9.58. The van der Waals surface area contributed by atoms with E-state index in [1.807, 2.05) is 41.1 Å². The largest absolute Gasteiger partial charge is 0.493 e. The topological polar surface area (TPSA) is 73.6 Å². The van der Waals surface area contributed by atoms with Gasteiger partial charge in [0.2, 0.25) is 0 Å². The number of aliphatic hydroxyl groups is 1. The Balaban J connectivity index is 1.73. The number of aliphatic hydroxyl groups excluding tert-OH is 1. The van der Waals surface area contributed by atoms with Crippen LogP contribution in [0.3, 0.4) is 0 Å². The average Bonchev–Trinajstić information content (AvgIpc) is 2.77. The van der Waals surface area contributed by atoms with Crippen LogP contribution in [0.2, 0.25) is 0 Å². The number of nitrogens with zero attached hydrogens (tertiary/aromatic N) is 2. The summed E-state index contributed by atoms with van der Waals surface area (Å²) in [6.07, 6.45) is 6.36. The van der Waals surface area contributed by atoms with E-state index >= 15 is 0 Å². The SMILES string of the molecule is O=c1c(Cc2cccnc2)cn2c3c(cc(OCCCO)cc13)Oc1cc(Br)ccc1-2. The smallest absolute Gasteiger partial charge is 0.193 e. The molecule has 2 aromatic carbocycles. The molecule has 0 saturated carbocycles. The highest BCUT2D eigenvalue weighted by molar-refractivity contribution is 9.10. The number of halogens is 1. The van der Waals surface area contributed by atoms with Gasteiger partial charge in [0.05, 0.1) is 17.7 Å². The molecule has 1 N–H and O–H groups in total. The summed E-state index contributed by atoms with van der Waals surface area (Å²) >= 11 is 3.50. The molecule has 6 nitrogen and oxygen atoms in total. The van der Waals surface area contributed by atoms with Gasteiger partial charge in [-0.3, -0.25) is 9.78 Å². The van der Waals surface area contributed by atoms with E-state index in [1.165, 1.54) is 0 Å². The Morgan fingerprint density at radius 1 is 1.16 bits per heavy atom. The lowest BCUT2D eigenvalue weighted by atomic mass is 10.0. The molecule has 31 heavy (non-hydrogen) atoms. The van der Waals surface area contributed by atoms with Gasteiger partial charge in [-0.2, -0.15) is 0 Å². The summed E-state index contributed by atoms with van der Waals surface area (Å²) in [5.74, 6) is 1.79. The van der Waals surface area contributed by atoms with E-state index in [2.05, 4.69) is 20.9 Å². The predicted octanol–water partition coefficient (Wildman–Crippen LogP) is 4.61. The van der Waals surface area contributed by atoms with Gasteiger partial charge < -0.3 is 19.1 Å². The molecule has 0 unspecified atom stereocenters. The molecule has 0 spiro atoms. The van der Waals surface area contributed by atoms with E-state index in [0.717, 1.165) is 15.7 Å². The number of aromatic nitrogens is 2. The normalized spacial score (nSPS) is 11.8. The lowest BCUT2D eigenvalue weighted by molar-refractivity contribution is 0.233. The Bertz CT molecular complexity index is 1340. The molecule has 0 amide bonds. The summed E-state index contributed by atoms with van der Waals surface area (Å²) in [6.45, 7) is 0.396. The highest BCUT2D eigenvalue weighted by Gasteiger charge is 2.23.